The third-order valence-corrected chi connectivity index (χ3v) is 4.54. The number of rotatable bonds is 6. The quantitative estimate of drug-likeness (QED) is 0.373. The summed E-state index contributed by atoms with van der Waals surface area (Å²) in [6, 6.07) is 10.7. The van der Waals surface area contributed by atoms with Crippen LogP contribution in [0.4, 0.5) is 0 Å². The molecule has 0 aliphatic heterocycles. The van der Waals surface area contributed by atoms with Crippen LogP contribution in [0.1, 0.15) is 29.5 Å². The highest BCUT2D eigenvalue weighted by Gasteiger charge is 2.29. The van der Waals surface area contributed by atoms with Crippen LogP contribution in [0.5, 0.6) is 0 Å². The third kappa shape index (κ3) is 3.43. The molecule has 0 amide bonds. The fraction of sp³-hybridized carbons (Fsp3) is 0.312. The molecule has 0 unspecified atom stereocenters. The summed E-state index contributed by atoms with van der Waals surface area (Å²) in [5, 5.41) is 16.4. The van der Waals surface area contributed by atoms with Crippen molar-refractivity contribution < 1.29 is 5.21 Å². The van der Waals surface area contributed by atoms with Gasteiger partial charge in [0.25, 0.3) is 0 Å². The molecule has 0 saturated heterocycles. The second-order valence-corrected chi connectivity index (χ2v) is 6.19. The van der Waals surface area contributed by atoms with E-state index in [4.69, 9.17) is 10.9 Å². The van der Waals surface area contributed by atoms with Crippen LogP contribution in [0, 0.1) is 0 Å². The third-order valence-electron chi connectivity index (χ3n) is 3.80. The number of amidine groups is 1. The van der Waals surface area contributed by atoms with Crippen LogP contribution < -0.4 is 5.73 Å². The lowest BCUT2D eigenvalue weighted by Crippen LogP contribution is -2.26. The topological polar surface area (TPSA) is 61.9 Å². The summed E-state index contributed by atoms with van der Waals surface area (Å²) in [4.78, 5) is 2.48. The largest absolute Gasteiger partial charge is 0.409 e. The molecule has 3 rings (SSSR count). The molecular formula is C16H19N3OS. The number of hydrogen-bond donors (Lipinski definition) is 2. The van der Waals surface area contributed by atoms with Crippen molar-refractivity contribution >= 4 is 17.2 Å². The minimum Gasteiger partial charge on any atom is -0.409 e. The Kier molecular flexibility index (Phi) is 4.22. The molecule has 1 saturated carbocycles. The molecule has 3 N–H and O–H groups in total. The second kappa shape index (κ2) is 6.28. The lowest BCUT2D eigenvalue weighted by Gasteiger charge is -2.23. The van der Waals surface area contributed by atoms with E-state index in [2.05, 4.69) is 32.9 Å². The first kappa shape index (κ1) is 14.1. The molecule has 0 spiro atoms. The Morgan fingerprint density at radius 2 is 2.10 bits per heavy atom. The highest BCUT2D eigenvalue weighted by atomic mass is 32.1. The lowest BCUT2D eigenvalue weighted by atomic mass is 10.1. The second-order valence-electron chi connectivity index (χ2n) is 5.41. The average molecular weight is 301 g/mol. The molecule has 4 nitrogen and oxygen atoms in total. The Labute approximate surface area is 128 Å². The predicted molar refractivity (Wildman–Crippen MR) is 85.5 cm³/mol. The predicted octanol–water partition coefficient (Wildman–Crippen LogP) is 3.01. The Morgan fingerprint density at radius 1 is 1.29 bits per heavy atom. The van der Waals surface area contributed by atoms with Gasteiger partial charge in [-0.2, -0.15) is 11.3 Å². The van der Waals surface area contributed by atoms with E-state index in [-0.39, 0.29) is 5.84 Å². The average Bonchev–Trinajstić information content (AvgIpc) is 3.24. The fourth-order valence-electron chi connectivity index (χ4n) is 2.55. The molecule has 2 aromatic rings. The van der Waals surface area contributed by atoms with Gasteiger partial charge in [-0.3, -0.25) is 4.90 Å². The fourth-order valence-corrected chi connectivity index (χ4v) is 3.21. The van der Waals surface area contributed by atoms with Crippen LogP contribution in [-0.2, 0) is 13.1 Å². The van der Waals surface area contributed by atoms with Crippen molar-refractivity contribution in [2.45, 2.75) is 32.0 Å². The highest BCUT2D eigenvalue weighted by Crippen LogP contribution is 2.30. The molecule has 0 bridgehead atoms. The van der Waals surface area contributed by atoms with E-state index in [1.807, 2.05) is 18.2 Å². The summed E-state index contributed by atoms with van der Waals surface area (Å²) in [6.07, 6.45) is 2.52. The van der Waals surface area contributed by atoms with Gasteiger partial charge in [0.1, 0.15) is 0 Å². The smallest absolute Gasteiger partial charge is 0.170 e. The van der Waals surface area contributed by atoms with E-state index in [1.165, 1.54) is 18.4 Å². The van der Waals surface area contributed by atoms with Gasteiger partial charge in [0.05, 0.1) is 0 Å². The molecule has 0 atom stereocenters. The molecule has 0 radical (unpaired) electrons. The first-order valence-electron chi connectivity index (χ1n) is 7.09. The van der Waals surface area contributed by atoms with Crippen molar-refractivity contribution in [1.29, 1.82) is 0 Å². The first-order chi connectivity index (χ1) is 10.3. The summed E-state index contributed by atoms with van der Waals surface area (Å²) in [5.41, 5.74) is 9.06. The van der Waals surface area contributed by atoms with E-state index >= 15 is 0 Å². The molecular weight excluding hydrogens is 282 g/mol. The van der Waals surface area contributed by atoms with E-state index < -0.39 is 0 Å². The molecule has 1 fully saturated rings. The Bertz CT molecular complexity index is 620. The number of nitrogens with two attached hydrogens (primary N) is 1. The van der Waals surface area contributed by atoms with Gasteiger partial charge in [0, 0.05) is 24.7 Å². The number of thiophene rings is 1. The highest BCUT2D eigenvalue weighted by molar-refractivity contribution is 7.07. The number of oxime groups is 1. The molecule has 1 aromatic carbocycles. The van der Waals surface area contributed by atoms with Gasteiger partial charge in [0.15, 0.2) is 5.84 Å². The van der Waals surface area contributed by atoms with Gasteiger partial charge < -0.3 is 10.9 Å². The van der Waals surface area contributed by atoms with E-state index in [0.29, 0.717) is 6.04 Å². The van der Waals surface area contributed by atoms with Crippen molar-refractivity contribution in [2.24, 2.45) is 10.9 Å². The van der Waals surface area contributed by atoms with Crippen LogP contribution in [-0.4, -0.2) is 22.0 Å². The normalized spacial score (nSPS) is 15.6. The Balaban J connectivity index is 1.80. The van der Waals surface area contributed by atoms with Crippen molar-refractivity contribution in [3.63, 3.8) is 0 Å². The minimum atomic E-state index is 0.178. The molecule has 1 heterocycles. The summed E-state index contributed by atoms with van der Waals surface area (Å²) in [5.74, 6) is 0.178. The molecule has 5 heteroatoms. The molecule has 1 aliphatic rings. The Morgan fingerprint density at radius 3 is 2.76 bits per heavy atom. The van der Waals surface area contributed by atoms with Gasteiger partial charge in [-0.1, -0.05) is 29.4 Å². The maximum atomic E-state index is 8.93. The minimum absolute atomic E-state index is 0.178. The lowest BCUT2D eigenvalue weighted by molar-refractivity contribution is 0.246. The van der Waals surface area contributed by atoms with Crippen LogP contribution in [0.25, 0.3) is 0 Å². The summed E-state index contributed by atoms with van der Waals surface area (Å²) in [6.45, 7) is 1.78. The zero-order chi connectivity index (χ0) is 14.7. The van der Waals surface area contributed by atoms with Crippen LogP contribution in [0.2, 0.25) is 0 Å². The number of benzene rings is 1. The summed E-state index contributed by atoms with van der Waals surface area (Å²) in [7, 11) is 0. The molecule has 110 valence electrons. The SMILES string of the molecule is NC(=NO)c1ccccc1CN(Cc1ccsc1)C1CC1. The summed E-state index contributed by atoms with van der Waals surface area (Å²) < 4.78 is 0. The van der Waals surface area contributed by atoms with Gasteiger partial charge in [-0.25, -0.2) is 0 Å². The maximum Gasteiger partial charge on any atom is 0.170 e. The van der Waals surface area contributed by atoms with Gasteiger partial charge in [-0.05, 0) is 40.8 Å². The summed E-state index contributed by atoms with van der Waals surface area (Å²) >= 11 is 1.73. The van der Waals surface area contributed by atoms with E-state index in [0.717, 1.165) is 24.2 Å². The van der Waals surface area contributed by atoms with Crippen LogP contribution in [0.3, 0.4) is 0 Å². The monoisotopic (exact) mass is 301 g/mol. The maximum absolute atomic E-state index is 8.93. The van der Waals surface area contributed by atoms with Gasteiger partial charge in [0.2, 0.25) is 0 Å². The standard InChI is InChI=1S/C16H19N3OS/c17-16(18-20)15-4-2-1-3-13(15)10-19(14-5-6-14)9-12-7-8-21-11-12/h1-4,7-8,11,14,20H,5-6,9-10H2,(H2,17,18). The number of nitrogens with zero attached hydrogens (tertiary/aromatic N) is 2. The van der Waals surface area contributed by atoms with Crippen LogP contribution in [0.15, 0.2) is 46.2 Å². The van der Waals surface area contributed by atoms with Gasteiger partial charge >= 0.3 is 0 Å². The molecule has 1 aromatic heterocycles. The number of hydrogen-bond acceptors (Lipinski definition) is 4. The van der Waals surface area contributed by atoms with Crippen molar-refractivity contribution in [1.82, 2.24) is 4.90 Å². The van der Waals surface area contributed by atoms with Crippen molar-refractivity contribution in [3.8, 4) is 0 Å². The van der Waals surface area contributed by atoms with Crippen LogP contribution >= 0.6 is 11.3 Å². The zero-order valence-electron chi connectivity index (χ0n) is 11.8. The molecule has 21 heavy (non-hydrogen) atoms. The van der Waals surface area contributed by atoms with Gasteiger partial charge in [-0.15, -0.1) is 0 Å². The Hall–Kier alpha value is -1.85. The van der Waals surface area contributed by atoms with Crippen molar-refractivity contribution in [3.05, 3.63) is 57.8 Å². The first-order valence-corrected chi connectivity index (χ1v) is 8.03. The zero-order valence-corrected chi connectivity index (χ0v) is 12.6. The van der Waals surface area contributed by atoms with Crippen molar-refractivity contribution in [2.75, 3.05) is 0 Å². The van der Waals surface area contributed by atoms with E-state index in [9.17, 15) is 0 Å². The van der Waals surface area contributed by atoms with E-state index in [1.54, 1.807) is 11.3 Å². The molecule has 1 aliphatic carbocycles.